The Balaban J connectivity index is 0.857. The number of fused-ring (bicyclic) bond motifs is 2. The van der Waals surface area contributed by atoms with Gasteiger partial charge >= 0.3 is 5.69 Å². The Kier molecular flexibility index (Phi) is 12.5. The molecular weight excluding hydrogens is 813 g/mol. The lowest BCUT2D eigenvalue weighted by atomic mass is 9.92. The number of hydrogen-bond acceptors (Lipinski definition) is 9. The normalized spacial score (nSPS) is 18.6. The van der Waals surface area contributed by atoms with Gasteiger partial charge in [-0.2, -0.15) is 5.10 Å². The van der Waals surface area contributed by atoms with Crippen LogP contribution < -0.4 is 26.5 Å². The van der Waals surface area contributed by atoms with Gasteiger partial charge in [-0.25, -0.2) is 13.6 Å². The Morgan fingerprint density at radius 2 is 1.75 bits per heavy atom. The van der Waals surface area contributed by atoms with Gasteiger partial charge in [0, 0.05) is 119 Å². The van der Waals surface area contributed by atoms with E-state index in [1.165, 1.54) is 22.1 Å². The van der Waals surface area contributed by atoms with E-state index >= 15 is 0 Å². The van der Waals surface area contributed by atoms with Crippen molar-refractivity contribution in [3.8, 4) is 11.1 Å². The largest absolute Gasteiger partial charge is 0.385 e. The summed E-state index contributed by atoms with van der Waals surface area (Å²) in [6.07, 6.45) is 6.35. The molecule has 4 aliphatic rings. The molecule has 0 spiro atoms. The van der Waals surface area contributed by atoms with E-state index in [1.54, 1.807) is 36.1 Å². The van der Waals surface area contributed by atoms with Gasteiger partial charge in [0.05, 0.1) is 23.8 Å². The van der Waals surface area contributed by atoms with Crippen molar-refractivity contribution in [1.82, 2.24) is 39.3 Å². The number of unbranched alkanes of at least 4 members (excludes halogenated alkanes) is 1. The summed E-state index contributed by atoms with van der Waals surface area (Å²) in [5.41, 5.74) is 5.80. The predicted octanol–water partition coefficient (Wildman–Crippen LogP) is 4.75. The summed E-state index contributed by atoms with van der Waals surface area (Å²) in [6, 6.07) is 8.20. The number of imidazole rings is 1. The highest BCUT2D eigenvalue weighted by atomic mass is 19.3. The number of carbonyl (C=O) groups is 4. The Labute approximate surface area is 363 Å². The third-order valence-electron chi connectivity index (χ3n) is 13.0. The first-order valence-electron chi connectivity index (χ1n) is 21.9. The standard InChI is InChI=1S/C45H55F2N11O5/c1-27(59)56-20-15-35(34(26-56)43(48)57-17-6-7-28-21-32(29-24-50-53(2)25-29)33(42(46)47)23-38(28)57)51-30-13-18-55(19-14-30)41(61)8-4-5-16-49-31-9-10-36-39(22-31)54(3)45(63)58(36)37-11-12-40(60)52-44(37)62/h9-10,21-25,30,37,42,48-49,51H,4-8,11-20,26H2,1-3H3,(H,52,60,62). The smallest absolute Gasteiger partial charge is 0.329 e. The fraction of sp³-hybridized carbons (Fsp3) is 0.489. The minimum atomic E-state index is -2.72. The first-order chi connectivity index (χ1) is 30.3. The molecule has 4 amide bonds. The third-order valence-corrected chi connectivity index (χ3v) is 13.0. The number of aromatic nitrogens is 4. The van der Waals surface area contributed by atoms with Crippen LogP contribution in [0.1, 0.15) is 88.3 Å². The van der Waals surface area contributed by atoms with Crippen LogP contribution in [0.3, 0.4) is 0 Å². The Morgan fingerprint density at radius 3 is 2.46 bits per heavy atom. The number of nitrogens with zero attached hydrogens (tertiary/aromatic N) is 7. The van der Waals surface area contributed by atoms with Crippen LogP contribution in [0, 0.1) is 5.41 Å². The van der Waals surface area contributed by atoms with Crippen LogP contribution in [-0.2, 0) is 39.7 Å². The summed E-state index contributed by atoms with van der Waals surface area (Å²) in [5, 5.41) is 23.1. The molecule has 63 heavy (non-hydrogen) atoms. The molecule has 0 radical (unpaired) electrons. The Hall–Kier alpha value is -6.33. The molecule has 4 aromatic rings. The lowest BCUT2D eigenvalue weighted by molar-refractivity contribution is -0.136. The van der Waals surface area contributed by atoms with E-state index in [9.17, 15) is 38.2 Å². The lowest BCUT2D eigenvalue weighted by Gasteiger charge is -2.39. The number of benzene rings is 2. The van der Waals surface area contributed by atoms with Gasteiger partial charge in [-0.15, -0.1) is 0 Å². The van der Waals surface area contributed by atoms with Crippen molar-refractivity contribution in [3.63, 3.8) is 0 Å². The summed E-state index contributed by atoms with van der Waals surface area (Å²) in [5.74, 6) is -0.585. The number of amidine groups is 1. The molecule has 4 aliphatic heterocycles. The van der Waals surface area contributed by atoms with Crippen molar-refractivity contribution >= 4 is 51.9 Å². The van der Waals surface area contributed by atoms with E-state index in [1.807, 2.05) is 34.1 Å². The van der Waals surface area contributed by atoms with Gasteiger partial charge in [0.25, 0.3) is 6.43 Å². The SMILES string of the molecule is CC(=O)N1CCC(NC2CCN(C(=O)CCCCNc3ccc4c(c3)n(C)c(=O)n4C3CCC(=O)NC3=O)CC2)=C(C(=N)N2CCCc3cc(-c4cnn(C)c4)c(C(F)F)cc32)C1. The van der Waals surface area contributed by atoms with E-state index in [4.69, 9.17) is 0 Å². The third kappa shape index (κ3) is 8.97. The maximum atomic E-state index is 14.6. The van der Waals surface area contributed by atoms with Crippen LogP contribution in [0.25, 0.3) is 22.2 Å². The van der Waals surface area contributed by atoms with Gasteiger partial charge in [0.2, 0.25) is 23.6 Å². The Bertz CT molecular complexity index is 2550. The monoisotopic (exact) mass is 867 g/mol. The molecule has 1 atom stereocenters. The van der Waals surface area contributed by atoms with Crippen LogP contribution in [0.5, 0.6) is 0 Å². The van der Waals surface area contributed by atoms with Crippen LogP contribution in [0.4, 0.5) is 20.2 Å². The molecule has 2 aromatic heterocycles. The van der Waals surface area contributed by atoms with Gasteiger partial charge < -0.3 is 25.3 Å². The summed E-state index contributed by atoms with van der Waals surface area (Å²) in [6.45, 7) is 4.59. The summed E-state index contributed by atoms with van der Waals surface area (Å²) >= 11 is 0. The molecule has 8 rings (SSSR count). The molecular formula is C45H55F2N11O5. The number of piperidine rings is 2. The summed E-state index contributed by atoms with van der Waals surface area (Å²) in [7, 11) is 3.41. The van der Waals surface area contributed by atoms with E-state index in [-0.39, 0.29) is 60.2 Å². The number of aryl methyl sites for hydroxylation is 3. The van der Waals surface area contributed by atoms with E-state index in [2.05, 4.69) is 21.0 Å². The fourth-order valence-electron chi connectivity index (χ4n) is 9.46. The zero-order valence-electron chi connectivity index (χ0n) is 36.0. The average Bonchev–Trinajstić information content (AvgIpc) is 3.81. The minimum absolute atomic E-state index is 0.0683. The molecule has 0 aliphatic carbocycles. The predicted molar refractivity (Wildman–Crippen MR) is 235 cm³/mol. The molecule has 18 heteroatoms. The topological polar surface area (TPSA) is 183 Å². The second-order valence-electron chi connectivity index (χ2n) is 17.1. The van der Waals surface area contributed by atoms with Crippen LogP contribution in [-0.4, -0.2) is 103 Å². The number of imide groups is 1. The number of anilines is 2. The van der Waals surface area contributed by atoms with Gasteiger partial charge in [0.1, 0.15) is 11.9 Å². The van der Waals surface area contributed by atoms with Crippen molar-refractivity contribution in [1.29, 1.82) is 5.41 Å². The number of halogens is 2. The first kappa shape index (κ1) is 43.3. The lowest BCUT2D eigenvalue weighted by Crippen LogP contribution is -2.48. The number of amides is 4. The van der Waals surface area contributed by atoms with Gasteiger partial charge in [-0.1, -0.05) is 0 Å². The van der Waals surface area contributed by atoms with Crippen LogP contribution in [0.15, 0.2) is 58.8 Å². The Morgan fingerprint density at radius 1 is 0.952 bits per heavy atom. The quantitative estimate of drug-likeness (QED) is 0.0676. The second-order valence-corrected chi connectivity index (χ2v) is 17.1. The fourth-order valence-corrected chi connectivity index (χ4v) is 9.46. The number of alkyl halides is 2. The molecule has 334 valence electrons. The number of likely N-dealkylation sites (tertiary alicyclic amines) is 1. The molecule has 2 saturated heterocycles. The number of carbonyl (C=O) groups excluding carboxylic acids is 4. The molecule has 2 fully saturated rings. The zero-order valence-corrected chi connectivity index (χ0v) is 36.0. The highest BCUT2D eigenvalue weighted by molar-refractivity contribution is 6.09. The molecule has 1 unspecified atom stereocenters. The van der Waals surface area contributed by atoms with Crippen molar-refractivity contribution in [2.75, 3.05) is 49.5 Å². The van der Waals surface area contributed by atoms with Crippen molar-refractivity contribution in [2.24, 2.45) is 14.1 Å². The highest BCUT2D eigenvalue weighted by Crippen LogP contribution is 2.40. The molecule has 2 aromatic carbocycles. The van der Waals surface area contributed by atoms with Crippen molar-refractivity contribution in [2.45, 2.75) is 89.6 Å². The van der Waals surface area contributed by atoms with Crippen molar-refractivity contribution < 1.29 is 28.0 Å². The molecule has 0 saturated carbocycles. The number of rotatable bonds is 12. The van der Waals surface area contributed by atoms with Gasteiger partial charge in [-0.3, -0.25) is 43.7 Å². The summed E-state index contributed by atoms with van der Waals surface area (Å²) < 4.78 is 33.7. The molecule has 16 nitrogen and oxygen atoms in total. The van der Waals surface area contributed by atoms with Gasteiger partial charge in [0.15, 0.2) is 0 Å². The highest BCUT2D eigenvalue weighted by Gasteiger charge is 2.34. The van der Waals surface area contributed by atoms with E-state index in [0.29, 0.717) is 91.8 Å². The number of hydrogen-bond donors (Lipinski definition) is 4. The van der Waals surface area contributed by atoms with Crippen LogP contribution in [0.2, 0.25) is 0 Å². The zero-order chi connectivity index (χ0) is 44.5. The average molecular weight is 868 g/mol. The molecule has 4 N–H and O–H groups in total. The van der Waals surface area contributed by atoms with E-state index in [0.717, 1.165) is 42.6 Å². The summed E-state index contributed by atoms with van der Waals surface area (Å²) in [4.78, 5) is 68.6. The maximum Gasteiger partial charge on any atom is 0.329 e. The number of nitrogens with one attached hydrogen (secondary N) is 4. The van der Waals surface area contributed by atoms with E-state index < -0.39 is 18.4 Å². The van der Waals surface area contributed by atoms with Crippen molar-refractivity contribution in [3.05, 3.63) is 75.6 Å². The maximum absolute atomic E-state index is 14.6. The minimum Gasteiger partial charge on any atom is -0.385 e. The molecule has 0 bridgehead atoms. The molecule has 6 heterocycles. The van der Waals surface area contributed by atoms with Crippen LogP contribution >= 0.6 is 0 Å². The first-order valence-corrected chi connectivity index (χ1v) is 21.9. The van der Waals surface area contributed by atoms with Gasteiger partial charge in [-0.05, 0) is 86.4 Å². The second kappa shape index (κ2) is 18.2.